The highest BCUT2D eigenvalue weighted by molar-refractivity contribution is 5.93. The lowest BCUT2D eigenvalue weighted by Gasteiger charge is -2.38. The molecule has 2 aromatic carbocycles. The molecule has 1 aliphatic rings. The minimum Gasteiger partial charge on any atom is -0.478 e. The summed E-state index contributed by atoms with van der Waals surface area (Å²) in [6, 6.07) is 21.1. The summed E-state index contributed by atoms with van der Waals surface area (Å²) in [5, 5.41) is 15.6. The topological polar surface area (TPSA) is 98.2 Å². The number of para-hydroxylation sites is 1. The van der Waals surface area contributed by atoms with E-state index in [2.05, 4.69) is 47.4 Å². The third-order valence-corrected chi connectivity index (χ3v) is 5.46. The van der Waals surface area contributed by atoms with Crippen molar-refractivity contribution in [1.29, 1.82) is 0 Å². The zero-order valence-corrected chi connectivity index (χ0v) is 19.0. The van der Waals surface area contributed by atoms with E-state index < -0.39 is 11.9 Å². The SMILES string of the molecule is CCC(=O)N(c1ccccc1)C1CCN(CCc2ccccc2)CC1.O=C(O)C=CC(=O)O. The van der Waals surface area contributed by atoms with E-state index in [4.69, 9.17) is 10.2 Å². The molecular formula is C26H32N2O5. The normalized spacial score (nSPS) is 14.3. The molecule has 1 amide bonds. The van der Waals surface area contributed by atoms with Crippen LogP contribution in [-0.4, -0.2) is 58.6 Å². The fraction of sp³-hybridized carbons (Fsp3) is 0.346. The first kappa shape index (κ1) is 25.8. The Hall–Kier alpha value is -3.45. The van der Waals surface area contributed by atoms with E-state index in [0.29, 0.717) is 24.6 Å². The maximum absolute atomic E-state index is 12.5. The van der Waals surface area contributed by atoms with Gasteiger partial charge in [-0.3, -0.25) is 4.79 Å². The molecule has 0 aromatic heterocycles. The van der Waals surface area contributed by atoms with Gasteiger partial charge in [-0.15, -0.1) is 0 Å². The lowest BCUT2D eigenvalue weighted by molar-refractivity contribution is -0.134. The van der Waals surface area contributed by atoms with E-state index in [1.165, 1.54) is 5.56 Å². The number of hydrogen-bond acceptors (Lipinski definition) is 4. The first-order valence-electron chi connectivity index (χ1n) is 11.2. The maximum Gasteiger partial charge on any atom is 0.328 e. The monoisotopic (exact) mass is 452 g/mol. The van der Waals surface area contributed by atoms with Crippen LogP contribution in [0, 0.1) is 0 Å². The van der Waals surface area contributed by atoms with Crippen molar-refractivity contribution in [2.24, 2.45) is 0 Å². The second-order valence-corrected chi connectivity index (χ2v) is 7.77. The highest BCUT2D eigenvalue weighted by Gasteiger charge is 2.28. The number of hydrogen-bond donors (Lipinski definition) is 2. The fourth-order valence-corrected chi connectivity index (χ4v) is 3.79. The van der Waals surface area contributed by atoms with Crippen LogP contribution < -0.4 is 4.90 Å². The zero-order chi connectivity index (χ0) is 24.1. The molecule has 1 saturated heterocycles. The van der Waals surface area contributed by atoms with Gasteiger partial charge in [0.25, 0.3) is 0 Å². The summed E-state index contributed by atoms with van der Waals surface area (Å²) in [5.74, 6) is -2.28. The number of benzene rings is 2. The van der Waals surface area contributed by atoms with E-state index in [1.807, 2.05) is 30.0 Å². The van der Waals surface area contributed by atoms with E-state index in [0.717, 1.165) is 44.6 Å². The van der Waals surface area contributed by atoms with Crippen LogP contribution in [0.15, 0.2) is 72.8 Å². The number of nitrogens with zero attached hydrogens (tertiary/aromatic N) is 2. The predicted molar refractivity (Wildman–Crippen MR) is 128 cm³/mol. The van der Waals surface area contributed by atoms with Crippen LogP contribution in [0.25, 0.3) is 0 Å². The highest BCUT2D eigenvalue weighted by atomic mass is 16.4. The lowest BCUT2D eigenvalue weighted by Crippen LogP contribution is -2.47. The number of amides is 1. The summed E-state index contributed by atoms with van der Waals surface area (Å²) >= 11 is 0. The van der Waals surface area contributed by atoms with E-state index in [-0.39, 0.29) is 5.91 Å². The number of carboxylic acid groups (broad SMARTS) is 2. The van der Waals surface area contributed by atoms with E-state index in [9.17, 15) is 14.4 Å². The van der Waals surface area contributed by atoms with Crippen molar-refractivity contribution in [2.75, 3.05) is 24.5 Å². The molecule has 0 bridgehead atoms. The van der Waals surface area contributed by atoms with Crippen molar-refractivity contribution < 1.29 is 24.6 Å². The van der Waals surface area contributed by atoms with Gasteiger partial charge in [0.05, 0.1) is 0 Å². The van der Waals surface area contributed by atoms with Crippen LogP contribution in [0.5, 0.6) is 0 Å². The lowest BCUT2D eigenvalue weighted by atomic mass is 10.0. The first-order valence-corrected chi connectivity index (χ1v) is 11.2. The summed E-state index contributed by atoms with van der Waals surface area (Å²) in [7, 11) is 0. The molecule has 2 N–H and O–H groups in total. The minimum atomic E-state index is -1.26. The largest absolute Gasteiger partial charge is 0.478 e. The fourth-order valence-electron chi connectivity index (χ4n) is 3.79. The Kier molecular flexibility index (Phi) is 10.8. The first-order chi connectivity index (χ1) is 15.9. The summed E-state index contributed by atoms with van der Waals surface area (Å²) in [5.41, 5.74) is 2.44. The van der Waals surface area contributed by atoms with Gasteiger partial charge in [-0.1, -0.05) is 55.5 Å². The Bertz CT molecular complexity index is 891. The Morgan fingerprint density at radius 1 is 0.909 bits per heavy atom. The molecule has 2 aromatic rings. The number of carbonyl (C=O) groups is 3. The molecule has 1 heterocycles. The van der Waals surface area contributed by atoms with Crippen molar-refractivity contribution >= 4 is 23.5 Å². The van der Waals surface area contributed by atoms with Crippen molar-refractivity contribution in [3.8, 4) is 0 Å². The van der Waals surface area contributed by atoms with Crippen LogP contribution in [0.3, 0.4) is 0 Å². The molecule has 1 fully saturated rings. The molecule has 0 aliphatic carbocycles. The quantitative estimate of drug-likeness (QED) is 0.591. The number of carbonyl (C=O) groups excluding carboxylic acids is 1. The van der Waals surface area contributed by atoms with Gasteiger partial charge in [-0.2, -0.15) is 0 Å². The molecule has 3 rings (SSSR count). The van der Waals surface area contributed by atoms with Gasteiger partial charge in [0.15, 0.2) is 0 Å². The van der Waals surface area contributed by atoms with Gasteiger partial charge in [0, 0.05) is 49.9 Å². The van der Waals surface area contributed by atoms with Crippen LogP contribution in [-0.2, 0) is 20.8 Å². The molecule has 0 radical (unpaired) electrons. The molecule has 7 heteroatoms. The highest BCUT2D eigenvalue weighted by Crippen LogP contribution is 2.24. The van der Waals surface area contributed by atoms with E-state index >= 15 is 0 Å². The summed E-state index contributed by atoms with van der Waals surface area (Å²) in [6.07, 6.45) is 4.88. The number of piperidine rings is 1. The molecule has 33 heavy (non-hydrogen) atoms. The number of rotatable bonds is 8. The van der Waals surface area contributed by atoms with Gasteiger partial charge in [-0.05, 0) is 37.0 Å². The van der Waals surface area contributed by atoms with E-state index in [1.54, 1.807) is 0 Å². The molecule has 0 atom stereocenters. The van der Waals surface area contributed by atoms with Crippen LogP contribution >= 0.6 is 0 Å². The molecule has 176 valence electrons. The smallest absolute Gasteiger partial charge is 0.328 e. The number of anilines is 1. The Balaban J connectivity index is 0.000000414. The molecule has 1 aliphatic heterocycles. The third kappa shape index (κ3) is 9.29. The standard InChI is InChI=1S/C22H28N2O.C4H4O4/c1-2-22(25)24(20-11-7-4-8-12-20)21-14-17-23(18-15-21)16-13-19-9-5-3-6-10-19;5-3(6)1-2-4(7)8/h3-12,21H,2,13-18H2,1H3;1-2H,(H,5,6)(H,7,8). The van der Waals surface area contributed by atoms with Crippen molar-refractivity contribution in [3.63, 3.8) is 0 Å². The number of aliphatic carboxylic acids is 2. The average Bonchev–Trinajstić information content (AvgIpc) is 2.84. The molecule has 0 spiro atoms. The van der Waals surface area contributed by atoms with Gasteiger partial charge in [0.1, 0.15) is 0 Å². The zero-order valence-electron chi connectivity index (χ0n) is 19.0. The van der Waals surface area contributed by atoms with Crippen LogP contribution in [0.1, 0.15) is 31.7 Å². The van der Waals surface area contributed by atoms with Gasteiger partial charge in [0.2, 0.25) is 5.91 Å². The maximum atomic E-state index is 12.5. The van der Waals surface area contributed by atoms with Crippen LogP contribution in [0.4, 0.5) is 5.69 Å². The molecule has 0 saturated carbocycles. The van der Waals surface area contributed by atoms with Crippen molar-refractivity contribution in [1.82, 2.24) is 4.90 Å². The van der Waals surface area contributed by atoms with Gasteiger partial charge >= 0.3 is 11.9 Å². The summed E-state index contributed by atoms with van der Waals surface area (Å²) in [6.45, 7) is 5.19. The number of likely N-dealkylation sites (tertiary alicyclic amines) is 1. The van der Waals surface area contributed by atoms with Crippen LogP contribution in [0.2, 0.25) is 0 Å². The Morgan fingerprint density at radius 2 is 1.42 bits per heavy atom. The van der Waals surface area contributed by atoms with Gasteiger partial charge < -0.3 is 20.0 Å². The van der Waals surface area contributed by atoms with Crippen molar-refractivity contribution in [3.05, 3.63) is 78.4 Å². The van der Waals surface area contributed by atoms with Gasteiger partial charge in [-0.25, -0.2) is 9.59 Å². The Labute approximate surface area is 195 Å². The average molecular weight is 453 g/mol. The minimum absolute atomic E-state index is 0.230. The predicted octanol–water partition coefficient (Wildman–Crippen LogP) is 3.85. The second-order valence-electron chi connectivity index (χ2n) is 7.77. The molecule has 7 nitrogen and oxygen atoms in total. The molecule has 0 unspecified atom stereocenters. The Morgan fingerprint density at radius 3 is 1.91 bits per heavy atom. The van der Waals surface area contributed by atoms with Crippen molar-refractivity contribution in [2.45, 2.75) is 38.6 Å². The third-order valence-electron chi connectivity index (χ3n) is 5.46. The second kappa shape index (κ2) is 13.9. The summed E-state index contributed by atoms with van der Waals surface area (Å²) in [4.78, 5) is 36.2. The molecular weight excluding hydrogens is 420 g/mol. The summed E-state index contributed by atoms with van der Waals surface area (Å²) < 4.78 is 0. The number of carboxylic acids is 2.